The summed E-state index contributed by atoms with van der Waals surface area (Å²) in [4.78, 5) is 0. The van der Waals surface area contributed by atoms with E-state index < -0.39 is 0 Å². The Kier molecular flexibility index (Phi) is 4.12. The van der Waals surface area contributed by atoms with Gasteiger partial charge < -0.3 is 0 Å². The second kappa shape index (κ2) is 4.37. The van der Waals surface area contributed by atoms with E-state index in [0.29, 0.717) is 0 Å². The van der Waals surface area contributed by atoms with Crippen molar-refractivity contribution in [3.8, 4) is 0 Å². The quantitative estimate of drug-likeness (QED) is 0.495. The molecule has 9 heavy (non-hydrogen) atoms. The summed E-state index contributed by atoms with van der Waals surface area (Å²) in [5.41, 5.74) is 2.88. The monoisotopic (exact) mass is 124 g/mol. The minimum atomic E-state index is 1.15. The Morgan fingerprint density at radius 1 is 1.33 bits per heavy atom. The third-order valence-corrected chi connectivity index (χ3v) is 1.39. The summed E-state index contributed by atoms with van der Waals surface area (Å²) in [7, 11) is 0. The molecule has 0 bridgehead atoms. The molecule has 0 aliphatic rings. The number of allylic oxidation sites excluding steroid dienone is 4. The highest BCUT2D eigenvalue weighted by molar-refractivity contribution is 5.22. The molecule has 0 aromatic rings. The van der Waals surface area contributed by atoms with E-state index in [0.717, 1.165) is 6.42 Å². The molecule has 0 aliphatic carbocycles. The SMILES string of the molecule is CC=CC(CC)=C(C)C. The summed E-state index contributed by atoms with van der Waals surface area (Å²) in [5.74, 6) is 0. The van der Waals surface area contributed by atoms with E-state index >= 15 is 0 Å². The Hall–Kier alpha value is -0.520. The van der Waals surface area contributed by atoms with Crippen molar-refractivity contribution in [3.63, 3.8) is 0 Å². The molecule has 52 valence electrons. The third-order valence-electron chi connectivity index (χ3n) is 1.39. The Morgan fingerprint density at radius 3 is 2.00 bits per heavy atom. The molecule has 0 aliphatic heterocycles. The maximum atomic E-state index is 2.18. The number of hydrogen-bond acceptors (Lipinski definition) is 0. The first kappa shape index (κ1) is 8.48. The minimum absolute atomic E-state index is 1.15. The highest BCUT2D eigenvalue weighted by atomic mass is 13.9. The van der Waals surface area contributed by atoms with Gasteiger partial charge in [-0.3, -0.25) is 0 Å². The molecule has 0 saturated carbocycles. The second-order valence-electron chi connectivity index (χ2n) is 2.38. The summed E-state index contributed by atoms with van der Waals surface area (Å²) in [6, 6.07) is 0. The van der Waals surface area contributed by atoms with Crippen LogP contribution in [0.4, 0.5) is 0 Å². The van der Waals surface area contributed by atoms with E-state index in [-0.39, 0.29) is 0 Å². The fraction of sp³-hybridized carbons (Fsp3) is 0.556. The Morgan fingerprint density at radius 2 is 1.89 bits per heavy atom. The van der Waals surface area contributed by atoms with E-state index in [9.17, 15) is 0 Å². The van der Waals surface area contributed by atoms with Crippen molar-refractivity contribution in [2.24, 2.45) is 0 Å². The lowest BCUT2D eigenvalue weighted by Crippen LogP contribution is -1.77. The average molecular weight is 124 g/mol. The predicted octanol–water partition coefficient (Wildman–Crippen LogP) is 3.31. The van der Waals surface area contributed by atoms with Crippen LogP contribution in [0.3, 0.4) is 0 Å². The van der Waals surface area contributed by atoms with Crippen molar-refractivity contribution >= 4 is 0 Å². The van der Waals surface area contributed by atoms with Crippen LogP contribution in [0, 0.1) is 0 Å². The van der Waals surface area contributed by atoms with E-state index in [1.54, 1.807) is 0 Å². The van der Waals surface area contributed by atoms with Gasteiger partial charge in [0.2, 0.25) is 0 Å². The van der Waals surface area contributed by atoms with Crippen LogP contribution in [0.2, 0.25) is 0 Å². The third kappa shape index (κ3) is 3.12. The van der Waals surface area contributed by atoms with Gasteiger partial charge in [-0.15, -0.1) is 0 Å². The van der Waals surface area contributed by atoms with Gasteiger partial charge in [0, 0.05) is 0 Å². The van der Waals surface area contributed by atoms with Crippen LogP contribution in [0.5, 0.6) is 0 Å². The van der Waals surface area contributed by atoms with Crippen LogP contribution < -0.4 is 0 Å². The van der Waals surface area contributed by atoms with Gasteiger partial charge in [0.15, 0.2) is 0 Å². The van der Waals surface area contributed by atoms with E-state index in [1.165, 1.54) is 11.1 Å². The fourth-order valence-electron chi connectivity index (χ4n) is 0.839. The molecule has 0 heterocycles. The normalized spacial score (nSPS) is 10.2. The van der Waals surface area contributed by atoms with Gasteiger partial charge in [-0.25, -0.2) is 0 Å². The lowest BCUT2D eigenvalue weighted by atomic mass is 10.1. The van der Waals surface area contributed by atoms with Crippen molar-refractivity contribution in [3.05, 3.63) is 23.3 Å². The van der Waals surface area contributed by atoms with Crippen LogP contribution in [-0.4, -0.2) is 0 Å². The molecule has 0 N–H and O–H groups in total. The van der Waals surface area contributed by atoms with Crippen molar-refractivity contribution in [2.45, 2.75) is 34.1 Å². The highest BCUT2D eigenvalue weighted by Gasteiger charge is 1.87. The molecule has 0 unspecified atom stereocenters. The smallest absolute Gasteiger partial charge is 0.0308 e. The molecule has 0 fully saturated rings. The van der Waals surface area contributed by atoms with Gasteiger partial charge >= 0.3 is 0 Å². The predicted molar refractivity (Wildman–Crippen MR) is 43.5 cm³/mol. The molecule has 0 spiro atoms. The highest BCUT2D eigenvalue weighted by Crippen LogP contribution is 2.08. The van der Waals surface area contributed by atoms with Gasteiger partial charge in [-0.1, -0.05) is 24.6 Å². The first-order valence-electron chi connectivity index (χ1n) is 3.51. The largest absolute Gasteiger partial charge is 0.0874 e. The lowest BCUT2D eigenvalue weighted by molar-refractivity contribution is 1.10. The van der Waals surface area contributed by atoms with Gasteiger partial charge in [0.1, 0.15) is 0 Å². The molecule has 0 radical (unpaired) electrons. The summed E-state index contributed by atoms with van der Waals surface area (Å²) in [5, 5.41) is 0. The molecule has 0 atom stereocenters. The molecule has 0 saturated heterocycles. The van der Waals surface area contributed by atoms with Crippen LogP contribution in [-0.2, 0) is 0 Å². The summed E-state index contributed by atoms with van der Waals surface area (Å²) < 4.78 is 0. The molecule has 0 amide bonds. The fourth-order valence-corrected chi connectivity index (χ4v) is 0.839. The molecule has 0 nitrogen and oxygen atoms in total. The molecular formula is C9H16. The van der Waals surface area contributed by atoms with Gasteiger partial charge in [0.25, 0.3) is 0 Å². The molecule has 0 heteroatoms. The summed E-state index contributed by atoms with van der Waals surface area (Å²) >= 11 is 0. The van der Waals surface area contributed by atoms with E-state index in [2.05, 4.69) is 39.8 Å². The van der Waals surface area contributed by atoms with Crippen LogP contribution in [0.1, 0.15) is 34.1 Å². The Balaban J connectivity index is 4.16. The molecule has 0 rings (SSSR count). The first-order valence-corrected chi connectivity index (χ1v) is 3.51. The van der Waals surface area contributed by atoms with E-state index in [1.807, 2.05) is 0 Å². The van der Waals surface area contributed by atoms with Crippen molar-refractivity contribution in [1.29, 1.82) is 0 Å². The van der Waals surface area contributed by atoms with Gasteiger partial charge in [-0.05, 0) is 32.8 Å². The van der Waals surface area contributed by atoms with Crippen molar-refractivity contribution < 1.29 is 0 Å². The Labute approximate surface area is 58.3 Å². The molecule has 0 aromatic heterocycles. The summed E-state index contributed by atoms with van der Waals surface area (Å²) in [6.45, 7) is 8.54. The topological polar surface area (TPSA) is 0 Å². The maximum Gasteiger partial charge on any atom is -0.0308 e. The van der Waals surface area contributed by atoms with Crippen LogP contribution >= 0.6 is 0 Å². The van der Waals surface area contributed by atoms with Crippen LogP contribution in [0.15, 0.2) is 23.3 Å². The average Bonchev–Trinajstić information content (AvgIpc) is 1.82. The van der Waals surface area contributed by atoms with Crippen LogP contribution in [0.25, 0.3) is 0 Å². The first-order chi connectivity index (χ1) is 4.22. The zero-order chi connectivity index (χ0) is 7.28. The maximum absolute atomic E-state index is 2.18. The minimum Gasteiger partial charge on any atom is -0.0874 e. The van der Waals surface area contributed by atoms with Crippen molar-refractivity contribution in [2.75, 3.05) is 0 Å². The van der Waals surface area contributed by atoms with Crippen molar-refractivity contribution in [1.82, 2.24) is 0 Å². The Bertz CT molecular complexity index is 123. The number of rotatable bonds is 2. The molecular weight excluding hydrogens is 108 g/mol. The van der Waals surface area contributed by atoms with E-state index in [4.69, 9.17) is 0 Å². The number of hydrogen-bond donors (Lipinski definition) is 0. The van der Waals surface area contributed by atoms with Gasteiger partial charge in [0.05, 0.1) is 0 Å². The molecule has 0 aromatic carbocycles. The standard InChI is InChI=1S/C9H16/c1-5-7-9(6-2)8(3)4/h5,7H,6H2,1-4H3. The van der Waals surface area contributed by atoms with Gasteiger partial charge in [-0.2, -0.15) is 0 Å². The lowest BCUT2D eigenvalue weighted by Gasteiger charge is -1.97. The summed E-state index contributed by atoms with van der Waals surface area (Å²) in [6.07, 6.45) is 5.41. The second-order valence-corrected chi connectivity index (χ2v) is 2.38. The zero-order valence-electron chi connectivity index (χ0n) is 6.86. The zero-order valence-corrected chi connectivity index (χ0v) is 6.86.